The molecule has 4 rings (SSSR count). The van der Waals surface area contributed by atoms with Gasteiger partial charge in [-0.3, -0.25) is 4.79 Å². The van der Waals surface area contributed by atoms with Crippen LogP contribution in [0.4, 0.5) is 5.82 Å². The zero-order chi connectivity index (χ0) is 22.5. The molecule has 0 radical (unpaired) electrons. The molecule has 1 aliphatic heterocycles. The van der Waals surface area contributed by atoms with Crippen molar-refractivity contribution in [1.82, 2.24) is 9.99 Å². The van der Waals surface area contributed by atoms with Gasteiger partial charge in [0.25, 0.3) is 5.91 Å². The van der Waals surface area contributed by atoms with E-state index < -0.39 is 23.3 Å². The molecule has 0 saturated heterocycles. The number of benzene rings is 2. The van der Waals surface area contributed by atoms with Gasteiger partial charge in [0.1, 0.15) is 11.9 Å². The largest absolute Gasteiger partial charge is 0.497 e. The number of aromatic nitrogens is 1. The smallest absolute Gasteiger partial charge is 0.406 e. The van der Waals surface area contributed by atoms with Crippen molar-refractivity contribution in [1.29, 1.82) is 0 Å². The maximum absolute atomic E-state index is 13.1. The molecule has 162 valence electrons. The van der Waals surface area contributed by atoms with E-state index in [1.807, 2.05) is 54.6 Å². The fraction of sp³-hybridized carbons (Fsp3) is 0.174. The Kier molecular flexibility index (Phi) is 6.07. The van der Waals surface area contributed by atoms with E-state index >= 15 is 0 Å². The van der Waals surface area contributed by atoms with Crippen LogP contribution in [0.2, 0.25) is 0 Å². The Balaban J connectivity index is 1.58. The topological polar surface area (TPSA) is 107 Å². The maximum Gasteiger partial charge on any atom is 0.406 e. The SMILES string of the molecule is COc1ccc([C@@H]2CC(c3ccccc3)=NN2C(=O)COc2cccnc2[N+](=O)[O-])cc1. The average molecular weight is 432 g/mol. The Hall–Kier alpha value is -4.27. The molecule has 32 heavy (non-hydrogen) atoms. The Morgan fingerprint density at radius 2 is 1.88 bits per heavy atom. The van der Waals surface area contributed by atoms with E-state index in [-0.39, 0.29) is 11.8 Å². The molecule has 0 saturated carbocycles. The standard InChI is InChI=1S/C23H20N4O5/c1-31-18-11-9-17(10-12-18)20-14-19(16-6-3-2-4-7-16)25-26(20)22(28)15-32-21-8-5-13-24-23(21)27(29)30/h2-13,20H,14-15H2,1H3/t20-/m0/s1. The molecule has 0 unspecified atom stereocenters. The summed E-state index contributed by atoms with van der Waals surface area (Å²) in [4.78, 5) is 27.3. The summed E-state index contributed by atoms with van der Waals surface area (Å²) in [6, 6.07) is 19.6. The summed E-state index contributed by atoms with van der Waals surface area (Å²) in [5, 5.41) is 17.1. The van der Waals surface area contributed by atoms with Gasteiger partial charge in [0.05, 0.1) is 18.9 Å². The molecule has 0 bridgehead atoms. The summed E-state index contributed by atoms with van der Waals surface area (Å²) >= 11 is 0. The van der Waals surface area contributed by atoms with Gasteiger partial charge in [-0.25, -0.2) is 5.01 Å². The predicted molar refractivity (Wildman–Crippen MR) is 117 cm³/mol. The highest BCUT2D eigenvalue weighted by Crippen LogP contribution is 2.34. The minimum atomic E-state index is -0.651. The van der Waals surface area contributed by atoms with Gasteiger partial charge >= 0.3 is 5.82 Å². The van der Waals surface area contributed by atoms with Gasteiger partial charge in [0, 0.05) is 6.42 Å². The zero-order valence-corrected chi connectivity index (χ0v) is 17.2. The lowest BCUT2D eigenvalue weighted by molar-refractivity contribution is -0.390. The van der Waals surface area contributed by atoms with Gasteiger partial charge in [-0.15, -0.1) is 0 Å². The van der Waals surface area contributed by atoms with Crippen molar-refractivity contribution in [2.75, 3.05) is 13.7 Å². The fourth-order valence-corrected chi connectivity index (χ4v) is 3.47. The molecule has 2 aromatic carbocycles. The number of nitro groups is 1. The minimum Gasteiger partial charge on any atom is -0.497 e. The van der Waals surface area contributed by atoms with E-state index in [9.17, 15) is 14.9 Å². The number of hydrazone groups is 1. The van der Waals surface area contributed by atoms with Gasteiger partial charge in [0.2, 0.25) is 5.75 Å². The molecule has 9 heteroatoms. The highest BCUT2D eigenvalue weighted by molar-refractivity contribution is 6.03. The van der Waals surface area contributed by atoms with E-state index in [4.69, 9.17) is 9.47 Å². The lowest BCUT2D eigenvalue weighted by Crippen LogP contribution is -2.31. The van der Waals surface area contributed by atoms with Gasteiger partial charge in [-0.1, -0.05) is 42.5 Å². The van der Waals surface area contributed by atoms with Crippen molar-refractivity contribution in [3.8, 4) is 11.5 Å². The van der Waals surface area contributed by atoms with E-state index in [0.717, 1.165) is 16.8 Å². The molecule has 0 aliphatic carbocycles. The molecular weight excluding hydrogens is 412 g/mol. The van der Waals surface area contributed by atoms with Crippen molar-refractivity contribution < 1.29 is 19.2 Å². The maximum atomic E-state index is 13.1. The second-order valence-electron chi connectivity index (χ2n) is 7.02. The van der Waals surface area contributed by atoms with Crippen LogP contribution in [0.3, 0.4) is 0 Å². The quantitative estimate of drug-likeness (QED) is 0.416. The number of ether oxygens (including phenoxy) is 2. The third-order valence-electron chi connectivity index (χ3n) is 5.05. The lowest BCUT2D eigenvalue weighted by Gasteiger charge is -2.22. The molecule has 2 heterocycles. The number of hydrogen-bond acceptors (Lipinski definition) is 7. The monoisotopic (exact) mass is 432 g/mol. The Bertz CT molecular complexity index is 1150. The number of methoxy groups -OCH3 is 1. The lowest BCUT2D eigenvalue weighted by atomic mass is 9.98. The van der Waals surface area contributed by atoms with Crippen LogP contribution in [0, 0.1) is 10.1 Å². The molecular formula is C23H20N4O5. The van der Waals surface area contributed by atoms with Crippen LogP contribution in [-0.2, 0) is 4.79 Å². The van der Waals surface area contributed by atoms with Crippen molar-refractivity contribution in [2.24, 2.45) is 5.10 Å². The summed E-state index contributed by atoms with van der Waals surface area (Å²) in [6.45, 7) is -0.412. The van der Waals surface area contributed by atoms with Crippen molar-refractivity contribution in [3.05, 3.63) is 94.2 Å². The molecule has 1 amide bonds. The Morgan fingerprint density at radius 3 is 2.56 bits per heavy atom. The molecule has 3 aromatic rings. The third kappa shape index (κ3) is 4.41. The highest BCUT2D eigenvalue weighted by atomic mass is 16.6. The first-order valence-corrected chi connectivity index (χ1v) is 9.88. The first kappa shape index (κ1) is 21.0. The van der Waals surface area contributed by atoms with E-state index in [0.29, 0.717) is 12.2 Å². The summed E-state index contributed by atoms with van der Waals surface area (Å²) in [5.74, 6) is -0.226. The van der Waals surface area contributed by atoms with Crippen molar-refractivity contribution >= 4 is 17.4 Å². The highest BCUT2D eigenvalue weighted by Gasteiger charge is 2.33. The number of hydrogen-bond donors (Lipinski definition) is 0. The summed E-state index contributed by atoms with van der Waals surface area (Å²) in [6.07, 6.45) is 1.82. The fourth-order valence-electron chi connectivity index (χ4n) is 3.47. The normalized spacial score (nSPS) is 15.2. The predicted octanol–water partition coefficient (Wildman–Crippen LogP) is 3.76. The summed E-state index contributed by atoms with van der Waals surface area (Å²) in [7, 11) is 1.59. The molecule has 0 N–H and O–H groups in total. The summed E-state index contributed by atoms with van der Waals surface area (Å²) < 4.78 is 10.7. The van der Waals surface area contributed by atoms with Gasteiger partial charge in [0.15, 0.2) is 6.61 Å². The number of carbonyl (C=O) groups excluding carboxylic acids is 1. The van der Waals surface area contributed by atoms with Gasteiger partial charge in [-0.05, 0) is 45.3 Å². The second-order valence-corrected chi connectivity index (χ2v) is 7.02. The van der Waals surface area contributed by atoms with Crippen LogP contribution >= 0.6 is 0 Å². The Morgan fingerprint density at radius 1 is 1.12 bits per heavy atom. The number of carbonyl (C=O) groups is 1. The van der Waals surface area contributed by atoms with Crippen molar-refractivity contribution in [2.45, 2.75) is 12.5 Å². The van der Waals surface area contributed by atoms with Crippen LogP contribution in [0.1, 0.15) is 23.6 Å². The number of pyridine rings is 1. The van der Waals surface area contributed by atoms with Crippen LogP contribution in [-0.4, -0.2) is 40.3 Å². The molecule has 9 nitrogen and oxygen atoms in total. The van der Waals surface area contributed by atoms with E-state index in [1.165, 1.54) is 23.3 Å². The molecule has 1 aliphatic rings. The zero-order valence-electron chi connectivity index (χ0n) is 17.2. The number of amides is 1. The first-order chi connectivity index (χ1) is 15.6. The summed E-state index contributed by atoms with van der Waals surface area (Å²) in [5.41, 5.74) is 2.58. The number of rotatable bonds is 7. The van der Waals surface area contributed by atoms with Crippen LogP contribution in [0.5, 0.6) is 11.5 Å². The van der Waals surface area contributed by atoms with Crippen LogP contribution in [0.15, 0.2) is 78.0 Å². The van der Waals surface area contributed by atoms with Crippen molar-refractivity contribution in [3.63, 3.8) is 0 Å². The van der Waals surface area contributed by atoms with Gasteiger partial charge < -0.3 is 19.6 Å². The number of nitrogens with zero attached hydrogens (tertiary/aromatic N) is 4. The molecule has 0 spiro atoms. The van der Waals surface area contributed by atoms with Crippen LogP contribution in [0.25, 0.3) is 0 Å². The average Bonchev–Trinajstić information content (AvgIpc) is 3.29. The third-order valence-corrected chi connectivity index (χ3v) is 5.05. The van der Waals surface area contributed by atoms with Gasteiger partial charge in [-0.2, -0.15) is 5.10 Å². The molecule has 1 aromatic heterocycles. The second kappa shape index (κ2) is 9.25. The molecule has 0 fully saturated rings. The molecule has 1 atom stereocenters. The Labute approximate surface area is 184 Å². The minimum absolute atomic E-state index is 0.0710. The van der Waals surface area contributed by atoms with Crippen LogP contribution < -0.4 is 9.47 Å². The first-order valence-electron chi connectivity index (χ1n) is 9.88. The van der Waals surface area contributed by atoms with E-state index in [2.05, 4.69) is 10.1 Å². The van der Waals surface area contributed by atoms with E-state index in [1.54, 1.807) is 7.11 Å².